The Bertz CT molecular complexity index is 636. The van der Waals surface area contributed by atoms with Gasteiger partial charge in [0.15, 0.2) is 23.4 Å². The SMILES string of the molecule is COCC1COc2cc(C(=O)c3ccccc3)ccc2O1. The number of ketones is 1. The molecule has 0 fully saturated rings. The van der Waals surface area contributed by atoms with Gasteiger partial charge in [-0.05, 0) is 18.2 Å². The van der Waals surface area contributed by atoms with E-state index < -0.39 is 0 Å². The minimum atomic E-state index is -0.113. The van der Waals surface area contributed by atoms with Crippen molar-refractivity contribution in [3.63, 3.8) is 0 Å². The summed E-state index contributed by atoms with van der Waals surface area (Å²) in [6, 6.07) is 14.4. The molecule has 0 bridgehead atoms. The van der Waals surface area contributed by atoms with Gasteiger partial charge in [0.05, 0.1) is 6.61 Å². The molecule has 0 spiro atoms. The zero-order valence-corrected chi connectivity index (χ0v) is 11.7. The molecule has 0 N–H and O–H groups in total. The van der Waals surface area contributed by atoms with E-state index in [4.69, 9.17) is 14.2 Å². The van der Waals surface area contributed by atoms with Gasteiger partial charge in [-0.15, -0.1) is 0 Å². The van der Waals surface area contributed by atoms with Crippen LogP contribution < -0.4 is 9.47 Å². The van der Waals surface area contributed by atoms with E-state index >= 15 is 0 Å². The largest absolute Gasteiger partial charge is 0.486 e. The van der Waals surface area contributed by atoms with Gasteiger partial charge in [0.25, 0.3) is 0 Å². The summed E-state index contributed by atoms with van der Waals surface area (Å²) in [5.41, 5.74) is 1.25. The molecule has 0 saturated carbocycles. The van der Waals surface area contributed by atoms with Gasteiger partial charge in [-0.3, -0.25) is 4.79 Å². The normalized spacial score (nSPS) is 16.5. The second kappa shape index (κ2) is 5.97. The second-order valence-corrected chi connectivity index (χ2v) is 4.86. The predicted molar refractivity (Wildman–Crippen MR) is 78.1 cm³/mol. The molecule has 1 aliphatic heterocycles. The van der Waals surface area contributed by atoms with Crippen molar-refractivity contribution in [3.8, 4) is 11.5 Å². The molecule has 3 rings (SSSR count). The van der Waals surface area contributed by atoms with Crippen LogP contribution in [-0.2, 0) is 4.74 Å². The van der Waals surface area contributed by atoms with Crippen LogP contribution in [0.2, 0.25) is 0 Å². The quantitative estimate of drug-likeness (QED) is 0.810. The first kappa shape index (κ1) is 13.6. The lowest BCUT2D eigenvalue weighted by Gasteiger charge is -2.26. The fraction of sp³-hybridized carbons (Fsp3) is 0.235. The van der Waals surface area contributed by atoms with Gasteiger partial charge in [0.2, 0.25) is 0 Å². The van der Waals surface area contributed by atoms with E-state index in [2.05, 4.69) is 0 Å². The molecule has 0 aromatic heterocycles. The highest BCUT2D eigenvalue weighted by molar-refractivity contribution is 6.09. The van der Waals surface area contributed by atoms with E-state index in [1.807, 2.05) is 18.2 Å². The number of hydrogen-bond donors (Lipinski definition) is 0. The molecule has 1 unspecified atom stereocenters. The zero-order chi connectivity index (χ0) is 14.7. The minimum absolute atomic E-state index is 0.0268. The molecule has 21 heavy (non-hydrogen) atoms. The fourth-order valence-corrected chi connectivity index (χ4v) is 2.28. The number of hydrogen-bond acceptors (Lipinski definition) is 4. The summed E-state index contributed by atoms with van der Waals surface area (Å²) in [6.07, 6.45) is -0.113. The summed E-state index contributed by atoms with van der Waals surface area (Å²) in [5.74, 6) is 1.22. The van der Waals surface area contributed by atoms with E-state index in [-0.39, 0.29) is 11.9 Å². The van der Waals surface area contributed by atoms with Crippen LogP contribution in [0.3, 0.4) is 0 Å². The number of ether oxygens (including phenoxy) is 3. The highest BCUT2D eigenvalue weighted by Crippen LogP contribution is 2.33. The zero-order valence-electron chi connectivity index (χ0n) is 11.7. The second-order valence-electron chi connectivity index (χ2n) is 4.86. The Balaban J connectivity index is 1.83. The third-order valence-corrected chi connectivity index (χ3v) is 3.31. The highest BCUT2D eigenvalue weighted by atomic mass is 16.6. The molecule has 1 atom stereocenters. The van der Waals surface area contributed by atoms with Crippen molar-refractivity contribution in [1.29, 1.82) is 0 Å². The lowest BCUT2D eigenvalue weighted by Crippen LogP contribution is -2.33. The maximum atomic E-state index is 12.4. The number of methoxy groups -OCH3 is 1. The Hall–Kier alpha value is -2.33. The van der Waals surface area contributed by atoms with Gasteiger partial charge in [-0.25, -0.2) is 0 Å². The van der Waals surface area contributed by atoms with Crippen molar-refractivity contribution in [2.24, 2.45) is 0 Å². The van der Waals surface area contributed by atoms with Gasteiger partial charge in [0.1, 0.15) is 6.61 Å². The van der Waals surface area contributed by atoms with E-state index in [0.29, 0.717) is 35.8 Å². The van der Waals surface area contributed by atoms with Crippen molar-refractivity contribution in [2.75, 3.05) is 20.3 Å². The number of carbonyl (C=O) groups is 1. The molecule has 2 aromatic rings. The molecule has 1 aliphatic rings. The van der Waals surface area contributed by atoms with Gasteiger partial charge >= 0.3 is 0 Å². The van der Waals surface area contributed by atoms with Crippen molar-refractivity contribution in [2.45, 2.75) is 6.10 Å². The summed E-state index contributed by atoms with van der Waals surface area (Å²) in [7, 11) is 1.63. The summed E-state index contributed by atoms with van der Waals surface area (Å²) in [4.78, 5) is 12.4. The first-order valence-electron chi connectivity index (χ1n) is 6.80. The number of fused-ring (bicyclic) bond motifs is 1. The Morgan fingerprint density at radius 3 is 2.71 bits per heavy atom. The van der Waals surface area contributed by atoms with Gasteiger partial charge < -0.3 is 14.2 Å². The van der Waals surface area contributed by atoms with Crippen LogP contribution in [0.5, 0.6) is 11.5 Å². The van der Waals surface area contributed by atoms with E-state index in [1.54, 1.807) is 37.4 Å². The third kappa shape index (κ3) is 2.90. The molecule has 0 saturated heterocycles. The molecule has 0 aliphatic carbocycles. The van der Waals surface area contributed by atoms with Crippen LogP contribution in [0.1, 0.15) is 15.9 Å². The average Bonchev–Trinajstić information content (AvgIpc) is 2.55. The Morgan fingerprint density at radius 1 is 1.14 bits per heavy atom. The van der Waals surface area contributed by atoms with Crippen LogP contribution in [0.15, 0.2) is 48.5 Å². The van der Waals surface area contributed by atoms with Crippen molar-refractivity contribution >= 4 is 5.78 Å². The number of rotatable bonds is 4. The van der Waals surface area contributed by atoms with Crippen molar-refractivity contribution in [3.05, 3.63) is 59.7 Å². The lowest BCUT2D eigenvalue weighted by atomic mass is 10.0. The van der Waals surface area contributed by atoms with Crippen LogP contribution in [0.25, 0.3) is 0 Å². The maximum Gasteiger partial charge on any atom is 0.193 e. The van der Waals surface area contributed by atoms with E-state index in [9.17, 15) is 4.79 Å². The predicted octanol–water partition coefficient (Wildman–Crippen LogP) is 2.70. The summed E-state index contributed by atoms with van der Waals surface area (Å²) in [5, 5.41) is 0. The molecule has 1 heterocycles. The fourth-order valence-electron chi connectivity index (χ4n) is 2.28. The molecule has 4 heteroatoms. The average molecular weight is 284 g/mol. The maximum absolute atomic E-state index is 12.4. The van der Waals surface area contributed by atoms with Gasteiger partial charge in [0, 0.05) is 18.2 Å². The van der Waals surface area contributed by atoms with Crippen LogP contribution in [-0.4, -0.2) is 32.2 Å². The minimum Gasteiger partial charge on any atom is -0.486 e. The molecule has 4 nitrogen and oxygen atoms in total. The van der Waals surface area contributed by atoms with Crippen LogP contribution in [0, 0.1) is 0 Å². The topological polar surface area (TPSA) is 44.8 Å². The third-order valence-electron chi connectivity index (χ3n) is 3.31. The summed E-state index contributed by atoms with van der Waals surface area (Å²) in [6.45, 7) is 0.897. The summed E-state index contributed by atoms with van der Waals surface area (Å²) >= 11 is 0. The lowest BCUT2D eigenvalue weighted by molar-refractivity contribution is 0.0271. The molecule has 0 amide bonds. The first-order valence-corrected chi connectivity index (χ1v) is 6.80. The van der Waals surface area contributed by atoms with Crippen molar-refractivity contribution < 1.29 is 19.0 Å². The highest BCUT2D eigenvalue weighted by Gasteiger charge is 2.22. The van der Waals surface area contributed by atoms with Gasteiger partial charge in [-0.2, -0.15) is 0 Å². The van der Waals surface area contributed by atoms with Crippen molar-refractivity contribution in [1.82, 2.24) is 0 Å². The van der Waals surface area contributed by atoms with Crippen LogP contribution >= 0.6 is 0 Å². The molecule has 108 valence electrons. The molecular formula is C17H16O4. The first-order chi connectivity index (χ1) is 10.3. The molecule has 2 aromatic carbocycles. The Morgan fingerprint density at radius 2 is 1.95 bits per heavy atom. The Labute approximate surface area is 123 Å². The number of carbonyl (C=O) groups excluding carboxylic acids is 1. The standard InChI is InChI=1S/C17H16O4/c1-19-10-14-11-20-16-9-13(7-8-15(16)21-14)17(18)12-5-3-2-4-6-12/h2-9,14H,10-11H2,1H3. The number of benzene rings is 2. The van der Waals surface area contributed by atoms with Gasteiger partial charge in [-0.1, -0.05) is 30.3 Å². The monoisotopic (exact) mass is 284 g/mol. The Kier molecular flexibility index (Phi) is 3.88. The van der Waals surface area contributed by atoms with Crippen LogP contribution in [0.4, 0.5) is 0 Å². The summed E-state index contributed by atoms with van der Waals surface area (Å²) < 4.78 is 16.5. The van der Waals surface area contributed by atoms with E-state index in [1.165, 1.54) is 0 Å². The smallest absolute Gasteiger partial charge is 0.193 e. The molecular weight excluding hydrogens is 268 g/mol. The molecule has 0 radical (unpaired) electrons. The van der Waals surface area contributed by atoms with E-state index in [0.717, 1.165) is 0 Å².